The van der Waals surface area contributed by atoms with Crippen molar-refractivity contribution in [3.63, 3.8) is 0 Å². The Kier molecular flexibility index (Phi) is 12.4. The molecule has 0 saturated heterocycles. The van der Waals surface area contributed by atoms with Crippen LogP contribution in [-0.4, -0.2) is 5.78 Å². The Morgan fingerprint density at radius 2 is 0.886 bits per heavy atom. The summed E-state index contributed by atoms with van der Waals surface area (Å²) in [5, 5.41) is 0. The van der Waals surface area contributed by atoms with Crippen molar-refractivity contribution < 1.29 is 4.79 Å². The summed E-state index contributed by atoms with van der Waals surface area (Å²) in [7, 11) is 0. The quantitative estimate of drug-likeness (QED) is 0.180. The standard InChI is InChI=1S/C34H44O/c1-29(35)21-14-10-8-6-4-2-3-5-7-9-11-19-26-34-32(30-22-15-12-16-23-30)27-20-28-33(34)31-24-17-13-18-25-31/h12-13,15-18,20,22-25,27-28H,2-11,14,19,21,26H2,1H3. The van der Waals surface area contributed by atoms with Gasteiger partial charge < -0.3 is 4.79 Å². The summed E-state index contributed by atoms with van der Waals surface area (Å²) in [5.74, 6) is 0.335. The second-order valence-electron chi connectivity index (χ2n) is 10.0. The minimum absolute atomic E-state index is 0.335. The molecule has 0 fully saturated rings. The first-order chi connectivity index (χ1) is 17.3. The Morgan fingerprint density at radius 1 is 0.486 bits per heavy atom. The lowest BCUT2D eigenvalue weighted by Crippen LogP contribution is -1.95. The monoisotopic (exact) mass is 468 g/mol. The van der Waals surface area contributed by atoms with Crippen molar-refractivity contribution in [3.8, 4) is 22.3 Å². The molecule has 3 aromatic carbocycles. The van der Waals surface area contributed by atoms with Crippen LogP contribution in [-0.2, 0) is 11.2 Å². The molecule has 0 aliphatic carbocycles. The molecular weight excluding hydrogens is 424 g/mol. The minimum Gasteiger partial charge on any atom is -0.300 e. The normalized spacial score (nSPS) is 11.0. The number of Topliss-reactive ketones (excluding diaryl/α,β-unsaturated/α-hetero) is 1. The largest absolute Gasteiger partial charge is 0.300 e. The predicted molar refractivity (Wildman–Crippen MR) is 152 cm³/mol. The van der Waals surface area contributed by atoms with Gasteiger partial charge in [0.25, 0.3) is 0 Å². The van der Waals surface area contributed by atoms with Crippen molar-refractivity contribution in [1.29, 1.82) is 0 Å². The molecule has 1 nitrogen and oxygen atoms in total. The fraction of sp³-hybridized carbons (Fsp3) is 0.441. The first kappa shape index (κ1) is 26.9. The molecule has 0 atom stereocenters. The van der Waals surface area contributed by atoms with Crippen LogP contribution >= 0.6 is 0 Å². The smallest absolute Gasteiger partial charge is 0.129 e. The third-order valence-corrected chi connectivity index (χ3v) is 7.05. The molecule has 0 N–H and O–H groups in total. The zero-order chi connectivity index (χ0) is 24.6. The van der Waals surface area contributed by atoms with Gasteiger partial charge in [0.1, 0.15) is 5.78 Å². The molecular formula is C34H44O. The van der Waals surface area contributed by atoms with Gasteiger partial charge in [0, 0.05) is 6.42 Å². The molecule has 35 heavy (non-hydrogen) atoms. The molecule has 1 heteroatoms. The fourth-order valence-electron chi connectivity index (χ4n) is 5.08. The number of ketones is 1. The van der Waals surface area contributed by atoms with Gasteiger partial charge in [0.15, 0.2) is 0 Å². The van der Waals surface area contributed by atoms with Gasteiger partial charge in [-0.25, -0.2) is 0 Å². The highest BCUT2D eigenvalue weighted by Crippen LogP contribution is 2.33. The molecule has 0 unspecified atom stereocenters. The van der Waals surface area contributed by atoms with Crippen LogP contribution < -0.4 is 0 Å². The third-order valence-electron chi connectivity index (χ3n) is 7.05. The van der Waals surface area contributed by atoms with Gasteiger partial charge in [0.2, 0.25) is 0 Å². The number of benzene rings is 3. The zero-order valence-electron chi connectivity index (χ0n) is 21.8. The number of hydrogen-bond acceptors (Lipinski definition) is 1. The second kappa shape index (κ2) is 16.1. The van der Waals surface area contributed by atoms with Crippen LogP contribution in [0.15, 0.2) is 78.9 Å². The molecule has 0 bridgehead atoms. The van der Waals surface area contributed by atoms with E-state index < -0.39 is 0 Å². The topological polar surface area (TPSA) is 17.1 Å². The molecule has 0 radical (unpaired) electrons. The fourth-order valence-corrected chi connectivity index (χ4v) is 5.08. The summed E-state index contributed by atoms with van der Waals surface area (Å²) in [6.07, 6.45) is 17.6. The summed E-state index contributed by atoms with van der Waals surface area (Å²) in [4.78, 5) is 11.0. The van der Waals surface area contributed by atoms with Gasteiger partial charge in [0.05, 0.1) is 0 Å². The molecule has 0 heterocycles. The van der Waals surface area contributed by atoms with Crippen LogP contribution in [0.1, 0.15) is 96.0 Å². The van der Waals surface area contributed by atoms with Gasteiger partial charge in [-0.05, 0) is 54.0 Å². The lowest BCUT2D eigenvalue weighted by atomic mass is 9.88. The summed E-state index contributed by atoms with van der Waals surface area (Å²) >= 11 is 0. The summed E-state index contributed by atoms with van der Waals surface area (Å²) in [6.45, 7) is 1.70. The van der Waals surface area contributed by atoms with E-state index in [9.17, 15) is 4.79 Å². The minimum atomic E-state index is 0.335. The highest BCUT2D eigenvalue weighted by Gasteiger charge is 2.11. The number of hydrogen-bond donors (Lipinski definition) is 0. The second-order valence-corrected chi connectivity index (χ2v) is 10.0. The SMILES string of the molecule is CC(=O)CCCCCCCCCCCCCCc1c(-c2ccccc2)cccc1-c1ccccc1. The molecule has 0 aromatic heterocycles. The molecule has 0 aliphatic heterocycles. The Morgan fingerprint density at radius 3 is 1.31 bits per heavy atom. The van der Waals surface area contributed by atoms with Crippen LogP contribution in [0.3, 0.4) is 0 Å². The third kappa shape index (κ3) is 9.84. The van der Waals surface area contributed by atoms with E-state index in [0.29, 0.717) is 5.78 Å². The summed E-state index contributed by atoms with van der Waals surface area (Å²) in [6, 6.07) is 28.5. The van der Waals surface area contributed by atoms with E-state index in [0.717, 1.165) is 19.3 Å². The van der Waals surface area contributed by atoms with Gasteiger partial charge >= 0.3 is 0 Å². The van der Waals surface area contributed by atoms with Crippen molar-refractivity contribution in [2.24, 2.45) is 0 Å². The molecule has 0 aliphatic rings. The maximum Gasteiger partial charge on any atom is 0.129 e. The Labute approximate surface area is 214 Å². The lowest BCUT2D eigenvalue weighted by molar-refractivity contribution is -0.117. The average molecular weight is 469 g/mol. The predicted octanol–water partition coefficient (Wildman–Crippen LogP) is 10.2. The maximum absolute atomic E-state index is 11.0. The Hall–Kier alpha value is -2.67. The van der Waals surface area contributed by atoms with E-state index in [-0.39, 0.29) is 0 Å². The van der Waals surface area contributed by atoms with Crippen LogP contribution in [0.5, 0.6) is 0 Å². The van der Waals surface area contributed by atoms with Crippen molar-refractivity contribution in [3.05, 3.63) is 84.4 Å². The average Bonchev–Trinajstić information content (AvgIpc) is 2.89. The summed E-state index contributed by atoms with van der Waals surface area (Å²) < 4.78 is 0. The van der Waals surface area contributed by atoms with E-state index >= 15 is 0 Å². The van der Waals surface area contributed by atoms with E-state index in [4.69, 9.17) is 0 Å². The highest BCUT2D eigenvalue weighted by molar-refractivity contribution is 5.78. The molecule has 3 rings (SSSR count). The summed E-state index contributed by atoms with van der Waals surface area (Å²) in [5.41, 5.74) is 6.90. The first-order valence-corrected chi connectivity index (χ1v) is 14.0. The maximum atomic E-state index is 11.0. The molecule has 3 aromatic rings. The van der Waals surface area contributed by atoms with E-state index in [2.05, 4.69) is 78.9 Å². The van der Waals surface area contributed by atoms with Crippen molar-refractivity contribution in [2.45, 2.75) is 96.8 Å². The van der Waals surface area contributed by atoms with E-state index in [1.165, 1.54) is 98.4 Å². The number of carbonyl (C=O) groups excluding carboxylic acids is 1. The Bertz CT molecular complexity index is 916. The van der Waals surface area contributed by atoms with Gasteiger partial charge in [-0.1, -0.05) is 143 Å². The van der Waals surface area contributed by atoms with Crippen molar-refractivity contribution >= 4 is 5.78 Å². The van der Waals surface area contributed by atoms with Crippen LogP contribution in [0, 0.1) is 0 Å². The number of carbonyl (C=O) groups is 1. The molecule has 0 spiro atoms. The first-order valence-electron chi connectivity index (χ1n) is 14.0. The zero-order valence-corrected chi connectivity index (χ0v) is 21.8. The molecule has 186 valence electrons. The van der Waals surface area contributed by atoms with Crippen LogP contribution in [0.25, 0.3) is 22.3 Å². The van der Waals surface area contributed by atoms with E-state index in [1.54, 1.807) is 6.92 Å². The van der Waals surface area contributed by atoms with Crippen LogP contribution in [0.4, 0.5) is 0 Å². The lowest BCUT2D eigenvalue weighted by Gasteiger charge is -2.16. The van der Waals surface area contributed by atoms with Crippen LogP contribution in [0.2, 0.25) is 0 Å². The number of rotatable bonds is 17. The van der Waals surface area contributed by atoms with Gasteiger partial charge in [-0.15, -0.1) is 0 Å². The number of unbranched alkanes of at least 4 members (excludes halogenated alkanes) is 11. The van der Waals surface area contributed by atoms with Gasteiger partial charge in [-0.3, -0.25) is 0 Å². The highest BCUT2D eigenvalue weighted by atomic mass is 16.1. The Balaban J connectivity index is 1.39. The van der Waals surface area contributed by atoms with Crippen molar-refractivity contribution in [2.75, 3.05) is 0 Å². The molecule has 0 saturated carbocycles. The molecule has 0 amide bonds. The van der Waals surface area contributed by atoms with Crippen molar-refractivity contribution in [1.82, 2.24) is 0 Å². The van der Waals surface area contributed by atoms with E-state index in [1.807, 2.05) is 0 Å². The van der Waals surface area contributed by atoms with Gasteiger partial charge in [-0.2, -0.15) is 0 Å².